The van der Waals surface area contributed by atoms with E-state index in [-0.39, 0.29) is 42.5 Å². The number of aliphatic hydroxyl groups is 1. The van der Waals surface area contributed by atoms with Gasteiger partial charge in [-0.3, -0.25) is 4.57 Å². The molecule has 4 N–H and O–H groups in total. The van der Waals surface area contributed by atoms with E-state index < -0.39 is 6.29 Å². The fourth-order valence-electron chi connectivity index (χ4n) is 7.20. The molecule has 0 radical (unpaired) electrons. The van der Waals surface area contributed by atoms with E-state index in [1.54, 1.807) is 0 Å². The molecule has 2 aliphatic rings. The molecule has 0 bridgehead atoms. The van der Waals surface area contributed by atoms with E-state index in [0.29, 0.717) is 13.1 Å². The smallest absolute Gasteiger partial charge is 0.326 e. The van der Waals surface area contributed by atoms with Crippen molar-refractivity contribution < 1.29 is 19.4 Å². The van der Waals surface area contributed by atoms with E-state index >= 15 is 0 Å². The second kappa shape index (κ2) is 15.4. The summed E-state index contributed by atoms with van der Waals surface area (Å²) in [6.07, 6.45) is 0.891. The number of piperidine rings is 1. The molecule has 10 heteroatoms. The Hall–Kier alpha value is -4.74. The third-order valence-corrected chi connectivity index (χ3v) is 10.1. The molecule has 1 aromatic heterocycles. The van der Waals surface area contributed by atoms with E-state index in [1.807, 2.05) is 108 Å². The van der Waals surface area contributed by atoms with Gasteiger partial charge in [0.1, 0.15) is 0 Å². The number of amides is 2. The van der Waals surface area contributed by atoms with E-state index in [1.165, 1.54) is 0 Å². The maximum atomic E-state index is 12.8. The molecular weight excluding hydrogens is 630 g/mol. The lowest BCUT2D eigenvalue weighted by molar-refractivity contribution is -0.276. The van der Waals surface area contributed by atoms with E-state index in [2.05, 4.69) is 27.4 Å². The second-order valence-electron chi connectivity index (χ2n) is 13.4. The predicted octanol–water partition coefficient (Wildman–Crippen LogP) is 5.95. The highest BCUT2D eigenvalue weighted by atomic mass is 16.7. The molecule has 0 spiro atoms. The van der Waals surface area contributed by atoms with Crippen LogP contribution in [-0.2, 0) is 29.2 Å². The van der Waals surface area contributed by atoms with Crippen LogP contribution in [0.2, 0.25) is 0 Å². The van der Waals surface area contributed by atoms with Gasteiger partial charge in [0.15, 0.2) is 6.29 Å². The number of fused-ring (bicyclic) bond motifs is 1. The van der Waals surface area contributed by atoms with Crippen LogP contribution < -0.4 is 16.3 Å². The maximum absolute atomic E-state index is 12.8. The zero-order chi connectivity index (χ0) is 34.5. The van der Waals surface area contributed by atoms with Crippen molar-refractivity contribution in [2.75, 3.05) is 19.6 Å². The van der Waals surface area contributed by atoms with Crippen molar-refractivity contribution >= 4 is 17.1 Å². The zero-order valence-corrected chi connectivity index (χ0v) is 28.3. The minimum atomic E-state index is -0.572. The number of rotatable bonds is 10. The van der Waals surface area contributed by atoms with Crippen LogP contribution in [0.3, 0.4) is 0 Å². The topological polar surface area (TPSA) is 121 Å². The highest BCUT2D eigenvalue weighted by Crippen LogP contribution is 2.42. The summed E-state index contributed by atoms with van der Waals surface area (Å²) in [5, 5.41) is 15.4. The fraction of sp³-hybridized carbons (Fsp3) is 0.350. The number of aromatic amines is 1. The first-order valence-corrected chi connectivity index (χ1v) is 17.5. The van der Waals surface area contributed by atoms with Crippen molar-refractivity contribution in [2.45, 2.75) is 64.0 Å². The number of hydrogen-bond acceptors (Lipinski definition) is 6. The van der Waals surface area contributed by atoms with Crippen LogP contribution in [0.1, 0.15) is 66.0 Å². The van der Waals surface area contributed by atoms with E-state index in [9.17, 15) is 14.7 Å². The van der Waals surface area contributed by atoms with Gasteiger partial charge in [-0.25, -0.2) is 9.59 Å². The Kier molecular flexibility index (Phi) is 10.4. The molecule has 3 heterocycles. The van der Waals surface area contributed by atoms with Crippen molar-refractivity contribution in [1.82, 2.24) is 25.1 Å². The minimum absolute atomic E-state index is 0.00770. The van der Waals surface area contributed by atoms with Crippen LogP contribution in [-0.4, -0.2) is 51.3 Å². The average molecular weight is 676 g/mol. The number of hydrogen-bond donors (Lipinski definition) is 4. The Balaban J connectivity index is 1.01. The predicted molar refractivity (Wildman–Crippen MR) is 192 cm³/mol. The van der Waals surface area contributed by atoms with Gasteiger partial charge in [0.25, 0.3) is 0 Å². The zero-order valence-electron chi connectivity index (χ0n) is 28.3. The van der Waals surface area contributed by atoms with Crippen molar-refractivity contribution in [2.24, 2.45) is 5.92 Å². The van der Waals surface area contributed by atoms with Gasteiger partial charge in [-0.2, -0.15) is 0 Å². The Morgan fingerprint density at radius 2 is 1.42 bits per heavy atom. The van der Waals surface area contributed by atoms with Gasteiger partial charge >= 0.3 is 11.7 Å². The van der Waals surface area contributed by atoms with E-state index in [4.69, 9.17) is 9.47 Å². The molecule has 0 saturated carbocycles. The number of benzene rings is 4. The van der Waals surface area contributed by atoms with Crippen LogP contribution in [0, 0.1) is 5.92 Å². The molecule has 0 aliphatic carbocycles. The number of carbonyl (C=O) groups excluding carboxylic acids is 1. The summed E-state index contributed by atoms with van der Waals surface area (Å²) in [5.74, 6) is 0.0676. The van der Waals surface area contributed by atoms with Crippen molar-refractivity contribution in [1.29, 1.82) is 0 Å². The number of ether oxygens (including phenoxy) is 2. The Bertz CT molecular complexity index is 1920. The Morgan fingerprint density at radius 3 is 2.12 bits per heavy atom. The SMILES string of the molecule is CC1C(CN2CCC(n3c(=O)[nH]c4ccccc43)CC2)OC(c2ccc(CNC(=O)NCc3ccccc3)cc2)OC1c1ccc(CO)cc1. The molecule has 7 rings (SSSR count). The summed E-state index contributed by atoms with van der Waals surface area (Å²) < 4.78 is 15.3. The second-order valence-corrected chi connectivity index (χ2v) is 13.4. The van der Waals surface area contributed by atoms with Gasteiger partial charge in [-0.05, 0) is 47.2 Å². The van der Waals surface area contributed by atoms with Crippen LogP contribution in [0.4, 0.5) is 4.79 Å². The van der Waals surface area contributed by atoms with Gasteiger partial charge in [0, 0.05) is 50.2 Å². The monoisotopic (exact) mass is 675 g/mol. The molecule has 10 nitrogen and oxygen atoms in total. The number of H-pyrrole nitrogens is 1. The summed E-state index contributed by atoms with van der Waals surface area (Å²) >= 11 is 0. The summed E-state index contributed by atoms with van der Waals surface area (Å²) in [7, 11) is 0. The number of aromatic nitrogens is 2. The average Bonchev–Trinajstić information content (AvgIpc) is 3.50. The number of nitrogens with one attached hydrogen (secondary N) is 3. The lowest BCUT2D eigenvalue weighted by Crippen LogP contribution is -2.47. The van der Waals surface area contributed by atoms with Gasteiger partial charge < -0.3 is 35.1 Å². The number of aliphatic hydroxyl groups excluding tert-OH is 1. The number of imidazole rings is 1. The molecule has 50 heavy (non-hydrogen) atoms. The molecule has 2 aliphatic heterocycles. The highest BCUT2D eigenvalue weighted by Gasteiger charge is 2.39. The molecule has 4 aromatic carbocycles. The fourth-order valence-corrected chi connectivity index (χ4v) is 7.20. The number of urea groups is 1. The molecular formula is C40H45N5O5. The molecule has 2 fully saturated rings. The van der Waals surface area contributed by atoms with Crippen LogP contribution in [0.25, 0.3) is 11.0 Å². The summed E-state index contributed by atoms with van der Waals surface area (Å²) in [5.41, 5.74) is 6.62. The van der Waals surface area contributed by atoms with Gasteiger partial charge in [-0.1, -0.05) is 97.9 Å². The molecule has 4 atom stereocenters. The Morgan fingerprint density at radius 1 is 0.800 bits per heavy atom. The number of likely N-dealkylation sites (tertiary alicyclic amines) is 1. The summed E-state index contributed by atoms with van der Waals surface area (Å²) in [6, 6.07) is 33.6. The number of para-hydroxylation sites is 2. The largest absolute Gasteiger partial charge is 0.392 e. The Labute approximate surface area is 292 Å². The van der Waals surface area contributed by atoms with Crippen molar-refractivity contribution in [3.63, 3.8) is 0 Å². The van der Waals surface area contributed by atoms with Crippen LogP contribution in [0.15, 0.2) is 108 Å². The van der Waals surface area contributed by atoms with Crippen molar-refractivity contribution in [3.8, 4) is 0 Å². The van der Waals surface area contributed by atoms with Crippen molar-refractivity contribution in [3.05, 3.63) is 141 Å². The quantitative estimate of drug-likeness (QED) is 0.145. The van der Waals surface area contributed by atoms with Gasteiger partial charge in [-0.15, -0.1) is 0 Å². The standard InChI is InChI=1S/C40H45N5O5/c1-27-36(25-44-21-19-33(20-22-44)45-35-10-6-5-9-34(35)43-40(45)48)49-38(50-37(27)31-15-13-30(26-46)14-16-31)32-17-11-29(12-18-32)24-42-39(47)41-23-28-7-3-2-4-8-28/h2-18,27,33,36-38,46H,19-26H2,1H3,(H,43,48)(H2,41,42,47). The normalized spacial score (nSPS) is 21.6. The van der Waals surface area contributed by atoms with E-state index in [0.717, 1.165) is 71.3 Å². The molecule has 260 valence electrons. The molecule has 2 saturated heterocycles. The first-order chi connectivity index (χ1) is 24.4. The minimum Gasteiger partial charge on any atom is -0.392 e. The number of carbonyl (C=O) groups is 1. The third kappa shape index (κ3) is 7.69. The first kappa shape index (κ1) is 33.7. The highest BCUT2D eigenvalue weighted by molar-refractivity contribution is 5.75. The molecule has 2 amide bonds. The lowest BCUT2D eigenvalue weighted by Gasteiger charge is -2.44. The first-order valence-electron chi connectivity index (χ1n) is 17.5. The van der Waals surface area contributed by atoms with Crippen LogP contribution >= 0.6 is 0 Å². The summed E-state index contributed by atoms with van der Waals surface area (Å²) in [4.78, 5) is 30.7. The third-order valence-electron chi connectivity index (χ3n) is 10.1. The van der Waals surface area contributed by atoms with Gasteiger partial charge in [0.2, 0.25) is 0 Å². The van der Waals surface area contributed by atoms with Gasteiger partial charge in [0.05, 0.1) is 29.8 Å². The van der Waals surface area contributed by atoms with Crippen LogP contribution in [0.5, 0.6) is 0 Å². The number of nitrogens with zero attached hydrogens (tertiary/aromatic N) is 2. The summed E-state index contributed by atoms with van der Waals surface area (Å²) in [6.45, 7) is 5.52. The molecule has 5 aromatic rings. The molecule has 4 unspecified atom stereocenters. The maximum Gasteiger partial charge on any atom is 0.326 e. The lowest BCUT2D eigenvalue weighted by atomic mass is 9.89.